The summed E-state index contributed by atoms with van der Waals surface area (Å²) in [7, 11) is 0. The molecule has 2 rings (SSSR count). The molecule has 0 aromatic carbocycles. The maximum Gasteiger partial charge on any atom is 0.287 e. The van der Waals surface area contributed by atoms with Crippen molar-refractivity contribution in [1.29, 1.82) is 0 Å². The van der Waals surface area contributed by atoms with E-state index in [1.807, 2.05) is 13.0 Å². The molecule has 0 radical (unpaired) electrons. The number of anilines is 1. The molecule has 2 aromatic heterocycles. The zero-order chi connectivity index (χ0) is 13.8. The summed E-state index contributed by atoms with van der Waals surface area (Å²) in [5, 5.41) is 15.8. The van der Waals surface area contributed by atoms with Crippen LogP contribution in [0.25, 0.3) is 0 Å². The molecule has 0 aliphatic carbocycles. The molecular weight excluding hydrogens is 270 g/mol. The molecule has 0 saturated heterocycles. The third-order valence-corrected chi connectivity index (χ3v) is 3.00. The number of hydrogen-bond acceptors (Lipinski definition) is 5. The fourth-order valence-corrected chi connectivity index (χ4v) is 1.86. The first-order chi connectivity index (χ1) is 9.13. The minimum absolute atomic E-state index is 0.0434. The zero-order valence-electron chi connectivity index (χ0n) is 10.3. The molecule has 19 heavy (non-hydrogen) atoms. The van der Waals surface area contributed by atoms with Crippen LogP contribution >= 0.6 is 11.6 Å². The van der Waals surface area contributed by atoms with Crippen LogP contribution in [-0.4, -0.2) is 21.5 Å². The van der Waals surface area contributed by atoms with Crippen LogP contribution in [0, 0.1) is 0 Å². The van der Waals surface area contributed by atoms with E-state index in [0.29, 0.717) is 5.69 Å². The average Bonchev–Trinajstić information content (AvgIpc) is 2.92. The first-order valence-corrected chi connectivity index (χ1v) is 6.17. The third-order valence-electron chi connectivity index (χ3n) is 2.64. The van der Waals surface area contributed by atoms with Crippen molar-refractivity contribution in [3.05, 3.63) is 45.7 Å². The lowest BCUT2D eigenvalue weighted by atomic mass is 10.2. The number of hydrogen-bond donors (Lipinski definition) is 2. The number of rotatable bonds is 5. The maximum atomic E-state index is 11.8. The van der Waals surface area contributed by atoms with E-state index in [-0.39, 0.29) is 24.2 Å². The Balaban J connectivity index is 2.22. The number of nitrogens with zero attached hydrogens (tertiary/aromatic N) is 2. The highest BCUT2D eigenvalue weighted by atomic mass is 35.5. The van der Waals surface area contributed by atoms with Crippen LogP contribution in [0.1, 0.15) is 18.7 Å². The molecule has 6 nitrogen and oxygen atoms in total. The van der Waals surface area contributed by atoms with Crippen LogP contribution in [0.2, 0.25) is 5.02 Å². The molecule has 0 spiro atoms. The molecule has 0 bridgehead atoms. The van der Waals surface area contributed by atoms with E-state index in [1.165, 1.54) is 6.20 Å². The highest BCUT2D eigenvalue weighted by molar-refractivity contribution is 6.32. The molecule has 2 aromatic rings. The quantitative estimate of drug-likeness (QED) is 0.872. The molecule has 0 aliphatic rings. The van der Waals surface area contributed by atoms with Gasteiger partial charge >= 0.3 is 0 Å². The van der Waals surface area contributed by atoms with Crippen molar-refractivity contribution >= 4 is 17.3 Å². The van der Waals surface area contributed by atoms with Crippen molar-refractivity contribution in [2.75, 3.05) is 11.9 Å². The van der Waals surface area contributed by atoms with Crippen LogP contribution in [0.15, 0.2) is 33.8 Å². The normalized spacial score (nSPS) is 12.4. The Morgan fingerprint density at radius 3 is 3.05 bits per heavy atom. The summed E-state index contributed by atoms with van der Waals surface area (Å²) in [5.74, 6) is 0.732. The van der Waals surface area contributed by atoms with Gasteiger partial charge in [-0.05, 0) is 19.1 Å². The Kier molecular flexibility index (Phi) is 4.24. The summed E-state index contributed by atoms with van der Waals surface area (Å²) in [6.07, 6.45) is 3.03. The van der Waals surface area contributed by atoms with Gasteiger partial charge in [0.25, 0.3) is 5.56 Å². The van der Waals surface area contributed by atoms with Gasteiger partial charge in [0.2, 0.25) is 0 Å². The standard InChI is InChI=1S/C12H14ClN3O3/c1-8(10-3-2-6-19-10)15-9-7-14-16(4-5-17)12(18)11(9)13/h2-3,6-8,15,17H,4-5H2,1H3. The van der Waals surface area contributed by atoms with Gasteiger partial charge in [0.15, 0.2) is 0 Å². The largest absolute Gasteiger partial charge is 0.467 e. The molecule has 7 heteroatoms. The Labute approximate surface area is 114 Å². The summed E-state index contributed by atoms with van der Waals surface area (Å²) < 4.78 is 6.37. The predicted octanol–water partition coefficient (Wildman–Crippen LogP) is 1.66. The molecule has 0 aliphatic heterocycles. The Morgan fingerprint density at radius 1 is 1.63 bits per heavy atom. The van der Waals surface area contributed by atoms with Crippen molar-refractivity contribution in [3.8, 4) is 0 Å². The molecule has 0 fully saturated rings. The van der Waals surface area contributed by atoms with Crippen molar-refractivity contribution < 1.29 is 9.52 Å². The number of nitrogens with one attached hydrogen (secondary N) is 1. The van der Waals surface area contributed by atoms with Crippen molar-refractivity contribution in [3.63, 3.8) is 0 Å². The SMILES string of the molecule is CC(Nc1cnn(CCO)c(=O)c1Cl)c1ccco1. The van der Waals surface area contributed by atoms with E-state index in [2.05, 4.69) is 10.4 Å². The fraction of sp³-hybridized carbons (Fsp3) is 0.333. The summed E-state index contributed by atoms with van der Waals surface area (Å²) >= 11 is 5.99. The topological polar surface area (TPSA) is 80.3 Å². The molecule has 0 amide bonds. The van der Waals surface area contributed by atoms with Crippen LogP contribution in [0.4, 0.5) is 5.69 Å². The average molecular weight is 284 g/mol. The lowest BCUT2D eigenvalue weighted by Gasteiger charge is -2.14. The van der Waals surface area contributed by atoms with Crippen molar-refractivity contribution in [1.82, 2.24) is 9.78 Å². The smallest absolute Gasteiger partial charge is 0.287 e. The number of aromatic nitrogens is 2. The van der Waals surface area contributed by atoms with Crippen LogP contribution in [0.3, 0.4) is 0 Å². The lowest BCUT2D eigenvalue weighted by Crippen LogP contribution is -2.25. The van der Waals surface area contributed by atoms with Gasteiger partial charge in [0.1, 0.15) is 10.8 Å². The van der Waals surface area contributed by atoms with Gasteiger partial charge in [-0.25, -0.2) is 4.68 Å². The van der Waals surface area contributed by atoms with Gasteiger partial charge in [-0.3, -0.25) is 4.79 Å². The van der Waals surface area contributed by atoms with Crippen LogP contribution < -0.4 is 10.9 Å². The molecule has 1 atom stereocenters. The van der Waals surface area contributed by atoms with E-state index in [1.54, 1.807) is 12.3 Å². The second kappa shape index (κ2) is 5.90. The van der Waals surface area contributed by atoms with E-state index < -0.39 is 5.56 Å². The van der Waals surface area contributed by atoms with Crippen LogP contribution in [-0.2, 0) is 6.54 Å². The van der Waals surface area contributed by atoms with Crippen molar-refractivity contribution in [2.24, 2.45) is 0 Å². The van der Waals surface area contributed by atoms with Gasteiger partial charge in [0, 0.05) is 0 Å². The maximum absolute atomic E-state index is 11.8. The van der Waals surface area contributed by atoms with Gasteiger partial charge in [0.05, 0.1) is 37.3 Å². The second-order valence-corrected chi connectivity index (χ2v) is 4.38. The van der Waals surface area contributed by atoms with Crippen molar-refractivity contribution in [2.45, 2.75) is 19.5 Å². The summed E-state index contributed by atoms with van der Waals surface area (Å²) in [4.78, 5) is 11.8. The van der Waals surface area contributed by atoms with Gasteiger partial charge in [-0.2, -0.15) is 5.10 Å². The van der Waals surface area contributed by atoms with Gasteiger partial charge in [-0.15, -0.1) is 0 Å². The Morgan fingerprint density at radius 2 is 2.42 bits per heavy atom. The van der Waals surface area contributed by atoms with Gasteiger partial charge < -0.3 is 14.8 Å². The van der Waals surface area contributed by atoms with Crippen LogP contribution in [0.5, 0.6) is 0 Å². The number of aliphatic hydroxyl groups is 1. The lowest BCUT2D eigenvalue weighted by molar-refractivity contribution is 0.266. The minimum Gasteiger partial charge on any atom is -0.467 e. The van der Waals surface area contributed by atoms with Gasteiger partial charge in [-0.1, -0.05) is 11.6 Å². The zero-order valence-corrected chi connectivity index (χ0v) is 11.1. The summed E-state index contributed by atoms with van der Waals surface area (Å²) in [6, 6.07) is 3.47. The molecular formula is C12H14ClN3O3. The van der Waals surface area contributed by atoms with E-state index in [0.717, 1.165) is 10.4 Å². The van der Waals surface area contributed by atoms with E-state index in [9.17, 15) is 4.79 Å². The number of aliphatic hydroxyl groups excluding tert-OH is 1. The Bertz CT molecular complexity index is 595. The third kappa shape index (κ3) is 2.97. The highest BCUT2D eigenvalue weighted by Gasteiger charge is 2.13. The Hall–Kier alpha value is -1.79. The van der Waals surface area contributed by atoms with E-state index >= 15 is 0 Å². The molecule has 2 heterocycles. The molecule has 0 saturated carbocycles. The number of furan rings is 1. The summed E-state index contributed by atoms with van der Waals surface area (Å²) in [5.41, 5.74) is -0.00267. The van der Waals surface area contributed by atoms with E-state index in [4.69, 9.17) is 21.1 Å². The number of halogens is 1. The molecule has 1 unspecified atom stereocenters. The first kappa shape index (κ1) is 13.6. The summed E-state index contributed by atoms with van der Waals surface area (Å²) in [6.45, 7) is 1.83. The highest BCUT2D eigenvalue weighted by Crippen LogP contribution is 2.22. The predicted molar refractivity (Wildman–Crippen MR) is 71.3 cm³/mol. The minimum atomic E-state index is -0.438. The molecule has 102 valence electrons. The first-order valence-electron chi connectivity index (χ1n) is 5.80. The second-order valence-electron chi connectivity index (χ2n) is 4.01. The monoisotopic (exact) mass is 283 g/mol. The fourth-order valence-electron chi connectivity index (χ4n) is 1.66. The molecule has 2 N–H and O–H groups in total.